The molecule has 5 nitrogen and oxygen atoms in total. The predicted octanol–water partition coefficient (Wildman–Crippen LogP) is 0.389. The SMILES string of the molecule is CC1=C(C(=O)O)C(C)N(C)C(=O)N1. The highest BCUT2D eigenvalue weighted by Gasteiger charge is 2.30. The number of carbonyl (C=O) groups excluding carboxylic acids is 1. The zero-order valence-electron chi connectivity index (χ0n) is 7.79. The standard InChI is InChI=1S/C8H12N2O3/c1-4-6(7(11)12)5(2)10(3)8(13)9-4/h5H,1-3H3,(H,9,13)(H,11,12). The van der Waals surface area contributed by atoms with Crippen molar-refractivity contribution in [2.24, 2.45) is 0 Å². The van der Waals surface area contributed by atoms with Crippen molar-refractivity contribution in [3.63, 3.8) is 0 Å². The first-order valence-corrected chi connectivity index (χ1v) is 3.93. The second-order valence-corrected chi connectivity index (χ2v) is 3.06. The van der Waals surface area contributed by atoms with E-state index in [9.17, 15) is 9.59 Å². The number of carboxylic acid groups (broad SMARTS) is 1. The lowest BCUT2D eigenvalue weighted by Crippen LogP contribution is -2.49. The van der Waals surface area contributed by atoms with E-state index in [4.69, 9.17) is 5.11 Å². The van der Waals surface area contributed by atoms with Crippen LogP contribution in [0.4, 0.5) is 4.79 Å². The molecule has 1 aliphatic rings. The van der Waals surface area contributed by atoms with Gasteiger partial charge >= 0.3 is 12.0 Å². The number of carbonyl (C=O) groups is 2. The molecule has 0 fully saturated rings. The number of urea groups is 1. The van der Waals surface area contributed by atoms with Gasteiger partial charge < -0.3 is 15.3 Å². The van der Waals surface area contributed by atoms with Crippen LogP contribution in [-0.4, -0.2) is 35.1 Å². The lowest BCUT2D eigenvalue weighted by Gasteiger charge is -2.31. The van der Waals surface area contributed by atoms with Crippen molar-refractivity contribution in [1.82, 2.24) is 10.2 Å². The molecule has 0 radical (unpaired) electrons. The van der Waals surface area contributed by atoms with Gasteiger partial charge in [-0.3, -0.25) is 0 Å². The molecule has 1 rings (SSSR count). The van der Waals surface area contributed by atoms with Gasteiger partial charge in [-0.15, -0.1) is 0 Å². The van der Waals surface area contributed by atoms with Gasteiger partial charge in [0, 0.05) is 12.7 Å². The molecule has 0 aromatic carbocycles. The van der Waals surface area contributed by atoms with E-state index in [-0.39, 0.29) is 17.6 Å². The Morgan fingerprint density at radius 2 is 2.15 bits per heavy atom. The first-order chi connectivity index (χ1) is 5.95. The summed E-state index contributed by atoms with van der Waals surface area (Å²) in [4.78, 5) is 23.3. The Balaban J connectivity index is 3.10. The smallest absolute Gasteiger partial charge is 0.335 e. The van der Waals surface area contributed by atoms with Crippen molar-refractivity contribution in [2.45, 2.75) is 19.9 Å². The van der Waals surface area contributed by atoms with E-state index in [0.717, 1.165) is 0 Å². The minimum Gasteiger partial charge on any atom is -0.478 e. The molecule has 1 aliphatic heterocycles. The van der Waals surface area contributed by atoms with E-state index < -0.39 is 5.97 Å². The first kappa shape index (κ1) is 9.57. The Labute approximate surface area is 76.0 Å². The monoisotopic (exact) mass is 184 g/mol. The van der Waals surface area contributed by atoms with E-state index in [2.05, 4.69) is 5.32 Å². The van der Waals surface area contributed by atoms with Crippen LogP contribution >= 0.6 is 0 Å². The molecule has 0 bridgehead atoms. The Bertz CT molecular complexity index is 296. The fourth-order valence-electron chi connectivity index (χ4n) is 1.34. The Morgan fingerprint density at radius 1 is 1.62 bits per heavy atom. The summed E-state index contributed by atoms with van der Waals surface area (Å²) in [5.41, 5.74) is 0.658. The normalized spacial score (nSPS) is 23.2. The molecule has 2 amide bonds. The summed E-state index contributed by atoms with van der Waals surface area (Å²) in [6, 6.07) is -0.652. The van der Waals surface area contributed by atoms with Gasteiger partial charge in [-0.2, -0.15) is 0 Å². The molecule has 1 unspecified atom stereocenters. The van der Waals surface area contributed by atoms with Crippen LogP contribution in [0.1, 0.15) is 13.8 Å². The highest BCUT2D eigenvalue weighted by molar-refractivity contribution is 5.93. The minimum atomic E-state index is -0.989. The Morgan fingerprint density at radius 3 is 2.62 bits per heavy atom. The van der Waals surface area contributed by atoms with Crippen LogP contribution in [0.2, 0.25) is 0 Å². The summed E-state index contributed by atoms with van der Waals surface area (Å²) in [5.74, 6) is -0.989. The molecule has 0 spiro atoms. The number of nitrogens with zero attached hydrogens (tertiary/aromatic N) is 1. The second-order valence-electron chi connectivity index (χ2n) is 3.06. The predicted molar refractivity (Wildman–Crippen MR) is 46.1 cm³/mol. The summed E-state index contributed by atoms with van der Waals surface area (Å²) in [6.07, 6.45) is 0. The molecule has 0 aromatic rings. The number of amides is 2. The maximum atomic E-state index is 11.2. The molecule has 72 valence electrons. The Kier molecular flexibility index (Phi) is 2.27. The zero-order chi connectivity index (χ0) is 10.2. The zero-order valence-corrected chi connectivity index (χ0v) is 7.79. The number of likely N-dealkylation sites (N-methyl/N-ethyl adjacent to an activating group) is 1. The summed E-state index contributed by atoms with van der Waals surface area (Å²) < 4.78 is 0. The number of aliphatic carboxylic acids is 1. The topological polar surface area (TPSA) is 69.6 Å². The third-order valence-corrected chi connectivity index (χ3v) is 2.25. The molecule has 13 heavy (non-hydrogen) atoms. The number of nitrogens with one attached hydrogen (secondary N) is 1. The molecule has 0 saturated heterocycles. The Hall–Kier alpha value is -1.52. The molecule has 5 heteroatoms. The maximum absolute atomic E-state index is 11.2. The lowest BCUT2D eigenvalue weighted by molar-refractivity contribution is -0.133. The van der Waals surface area contributed by atoms with Gasteiger partial charge in [-0.05, 0) is 13.8 Å². The molecule has 0 aromatic heterocycles. The van der Waals surface area contributed by atoms with Crippen LogP contribution in [-0.2, 0) is 4.79 Å². The van der Waals surface area contributed by atoms with Gasteiger partial charge in [0.1, 0.15) is 0 Å². The molecule has 1 atom stereocenters. The van der Waals surface area contributed by atoms with Crippen LogP contribution in [0.25, 0.3) is 0 Å². The van der Waals surface area contributed by atoms with E-state index in [1.54, 1.807) is 20.9 Å². The van der Waals surface area contributed by atoms with Crippen LogP contribution in [0.3, 0.4) is 0 Å². The van der Waals surface area contributed by atoms with Gasteiger partial charge in [-0.1, -0.05) is 0 Å². The summed E-state index contributed by atoms with van der Waals surface area (Å²) in [7, 11) is 1.56. The molecule has 2 N–H and O–H groups in total. The first-order valence-electron chi connectivity index (χ1n) is 3.93. The van der Waals surface area contributed by atoms with E-state index in [1.807, 2.05) is 0 Å². The summed E-state index contributed by atoms with van der Waals surface area (Å²) in [6.45, 7) is 3.27. The average Bonchev–Trinajstić information content (AvgIpc) is 1.99. The largest absolute Gasteiger partial charge is 0.478 e. The summed E-state index contributed by atoms with van der Waals surface area (Å²) >= 11 is 0. The van der Waals surface area contributed by atoms with Gasteiger partial charge in [-0.25, -0.2) is 9.59 Å². The van der Waals surface area contributed by atoms with Crippen molar-refractivity contribution >= 4 is 12.0 Å². The van der Waals surface area contributed by atoms with Crippen molar-refractivity contribution in [3.8, 4) is 0 Å². The fraction of sp³-hybridized carbons (Fsp3) is 0.500. The molecular formula is C8H12N2O3. The number of carboxylic acids is 1. The quantitative estimate of drug-likeness (QED) is 0.619. The highest BCUT2D eigenvalue weighted by Crippen LogP contribution is 2.17. The van der Waals surface area contributed by atoms with Crippen LogP contribution in [0, 0.1) is 0 Å². The highest BCUT2D eigenvalue weighted by atomic mass is 16.4. The van der Waals surface area contributed by atoms with Gasteiger partial charge in [0.15, 0.2) is 0 Å². The average molecular weight is 184 g/mol. The van der Waals surface area contributed by atoms with Crippen LogP contribution in [0.5, 0.6) is 0 Å². The van der Waals surface area contributed by atoms with Gasteiger partial charge in [0.05, 0.1) is 11.6 Å². The molecule has 1 heterocycles. The van der Waals surface area contributed by atoms with E-state index in [1.165, 1.54) is 4.90 Å². The number of hydrogen-bond acceptors (Lipinski definition) is 2. The second kappa shape index (κ2) is 3.08. The van der Waals surface area contributed by atoms with Crippen LogP contribution < -0.4 is 5.32 Å². The summed E-state index contributed by atoms with van der Waals surface area (Å²) in [5, 5.41) is 11.3. The van der Waals surface area contributed by atoms with E-state index in [0.29, 0.717) is 5.70 Å². The maximum Gasteiger partial charge on any atom is 0.335 e. The number of hydrogen-bond donors (Lipinski definition) is 2. The third kappa shape index (κ3) is 1.49. The van der Waals surface area contributed by atoms with Gasteiger partial charge in [0.2, 0.25) is 0 Å². The van der Waals surface area contributed by atoms with Crippen molar-refractivity contribution in [2.75, 3.05) is 7.05 Å². The lowest BCUT2D eigenvalue weighted by atomic mass is 10.0. The van der Waals surface area contributed by atoms with Gasteiger partial charge in [0.25, 0.3) is 0 Å². The molecule has 0 aliphatic carbocycles. The number of rotatable bonds is 1. The molecule has 0 saturated carbocycles. The van der Waals surface area contributed by atoms with Crippen molar-refractivity contribution in [3.05, 3.63) is 11.3 Å². The third-order valence-electron chi connectivity index (χ3n) is 2.25. The number of allylic oxidation sites excluding steroid dienone is 1. The minimum absolute atomic E-state index is 0.238. The fourth-order valence-corrected chi connectivity index (χ4v) is 1.34. The van der Waals surface area contributed by atoms with E-state index >= 15 is 0 Å². The van der Waals surface area contributed by atoms with Crippen LogP contribution in [0.15, 0.2) is 11.3 Å². The molecular weight excluding hydrogens is 172 g/mol. The van der Waals surface area contributed by atoms with Crippen molar-refractivity contribution in [1.29, 1.82) is 0 Å². The van der Waals surface area contributed by atoms with Crippen molar-refractivity contribution < 1.29 is 14.7 Å².